The fourth-order valence-corrected chi connectivity index (χ4v) is 6.50. The Hall–Kier alpha value is -4.01. The number of nitrogens with zero attached hydrogens (tertiary/aromatic N) is 3. The van der Waals surface area contributed by atoms with Gasteiger partial charge in [-0.15, -0.1) is 0 Å². The van der Waals surface area contributed by atoms with E-state index in [0.717, 1.165) is 83.8 Å². The summed E-state index contributed by atoms with van der Waals surface area (Å²) in [6.07, 6.45) is 4.54. The van der Waals surface area contributed by atoms with Gasteiger partial charge in [-0.3, -0.25) is 9.78 Å². The number of ether oxygens (including phenoxy) is 2. The largest absolute Gasteiger partial charge is 0.454 e. The van der Waals surface area contributed by atoms with Crippen molar-refractivity contribution in [3.8, 4) is 22.6 Å². The van der Waals surface area contributed by atoms with E-state index >= 15 is 0 Å². The molecule has 0 aliphatic carbocycles. The van der Waals surface area contributed by atoms with Gasteiger partial charge >= 0.3 is 0 Å². The minimum atomic E-state index is -0.252. The molecular formula is C34H35FN4O3. The molecule has 0 radical (unpaired) electrons. The van der Waals surface area contributed by atoms with Crippen LogP contribution in [0.4, 0.5) is 4.39 Å². The minimum Gasteiger partial charge on any atom is -0.454 e. The lowest BCUT2D eigenvalue weighted by Gasteiger charge is -2.29. The lowest BCUT2D eigenvalue weighted by Crippen LogP contribution is -2.42. The molecule has 2 fully saturated rings. The third-order valence-corrected chi connectivity index (χ3v) is 8.63. The van der Waals surface area contributed by atoms with Gasteiger partial charge < -0.3 is 24.6 Å². The van der Waals surface area contributed by atoms with Gasteiger partial charge in [0.1, 0.15) is 5.82 Å². The molecule has 0 unspecified atom stereocenters. The molecule has 7 rings (SSSR count). The van der Waals surface area contributed by atoms with E-state index in [-0.39, 0.29) is 24.6 Å². The van der Waals surface area contributed by atoms with Crippen LogP contribution in [0.25, 0.3) is 22.0 Å². The standard InChI is InChI=1S/C34H35FN4O3/c35-26-6-3-5-23(15-26)19-36-20-27-18-30(34(40)39-14-4-7-28(39)21-38-12-1-2-13-38)29-16-24(8-10-31(29)37-27)25-9-11-32-33(17-25)42-22-41-32/h3,5-6,8-11,15-18,28,36H,1-2,4,7,12-14,19-22H2/t28-/m0/s1. The molecule has 1 amide bonds. The molecule has 0 saturated carbocycles. The summed E-state index contributed by atoms with van der Waals surface area (Å²) in [5.41, 5.74) is 5.09. The Morgan fingerprint density at radius 2 is 1.74 bits per heavy atom. The van der Waals surface area contributed by atoms with Crippen molar-refractivity contribution in [3.63, 3.8) is 0 Å². The van der Waals surface area contributed by atoms with E-state index in [1.807, 2.05) is 42.5 Å². The van der Waals surface area contributed by atoms with E-state index in [1.54, 1.807) is 6.07 Å². The Balaban J connectivity index is 1.21. The maximum absolute atomic E-state index is 14.3. The molecule has 3 aromatic carbocycles. The summed E-state index contributed by atoms with van der Waals surface area (Å²) in [6, 6.07) is 20.8. The molecule has 42 heavy (non-hydrogen) atoms. The second-order valence-corrected chi connectivity index (χ2v) is 11.5. The topological polar surface area (TPSA) is 66.9 Å². The van der Waals surface area contributed by atoms with Gasteiger partial charge in [0.15, 0.2) is 11.5 Å². The highest BCUT2D eigenvalue weighted by Crippen LogP contribution is 2.37. The molecule has 4 aromatic rings. The fraction of sp³-hybridized carbons (Fsp3) is 0.353. The Labute approximate surface area is 245 Å². The molecule has 1 N–H and O–H groups in total. The number of pyridine rings is 1. The number of rotatable bonds is 8. The number of fused-ring (bicyclic) bond motifs is 2. The van der Waals surface area contributed by atoms with Gasteiger partial charge in [0.25, 0.3) is 5.91 Å². The quantitative estimate of drug-likeness (QED) is 0.293. The van der Waals surface area contributed by atoms with Crippen LogP contribution in [0.15, 0.2) is 66.7 Å². The van der Waals surface area contributed by atoms with Crippen LogP contribution in [0.2, 0.25) is 0 Å². The van der Waals surface area contributed by atoms with E-state index in [0.29, 0.717) is 18.7 Å². The SMILES string of the molecule is O=C(c1cc(CNCc2cccc(F)c2)nc2ccc(-c3ccc4c(c3)OCO4)cc12)N1CCC[C@H]1CN1CCCC1. The molecular weight excluding hydrogens is 531 g/mol. The monoisotopic (exact) mass is 566 g/mol. The summed E-state index contributed by atoms with van der Waals surface area (Å²) in [4.78, 5) is 23.8. The van der Waals surface area contributed by atoms with E-state index in [2.05, 4.69) is 21.2 Å². The number of hydrogen-bond acceptors (Lipinski definition) is 6. The summed E-state index contributed by atoms with van der Waals surface area (Å²) in [7, 11) is 0. The smallest absolute Gasteiger partial charge is 0.254 e. The van der Waals surface area contributed by atoms with Crippen LogP contribution in [0, 0.1) is 5.82 Å². The normalized spacial score (nSPS) is 18.3. The molecule has 2 saturated heterocycles. The molecule has 3 aliphatic rings. The van der Waals surface area contributed by atoms with Gasteiger partial charge in [0, 0.05) is 37.6 Å². The highest BCUT2D eigenvalue weighted by molar-refractivity contribution is 6.07. The van der Waals surface area contributed by atoms with Gasteiger partial charge in [0.2, 0.25) is 6.79 Å². The molecule has 8 heteroatoms. The van der Waals surface area contributed by atoms with Crippen molar-refractivity contribution < 1.29 is 18.7 Å². The van der Waals surface area contributed by atoms with Crippen LogP contribution >= 0.6 is 0 Å². The first-order valence-electron chi connectivity index (χ1n) is 14.9. The highest BCUT2D eigenvalue weighted by atomic mass is 19.1. The van der Waals surface area contributed by atoms with Crippen LogP contribution < -0.4 is 14.8 Å². The molecule has 4 heterocycles. The first kappa shape index (κ1) is 26.9. The number of hydrogen-bond donors (Lipinski definition) is 1. The maximum Gasteiger partial charge on any atom is 0.254 e. The number of nitrogens with one attached hydrogen (secondary N) is 1. The third kappa shape index (κ3) is 5.56. The maximum atomic E-state index is 14.3. The number of likely N-dealkylation sites (tertiary alicyclic amines) is 2. The molecule has 1 aromatic heterocycles. The van der Waals surface area contributed by atoms with Crippen molar-refractivity contribution in [2.45, 2.75) is 44.8 Å². The van der Waals surface area contributed by atoms with Crippen molar-refractivity contribution >= 4 is 16.8 Å². The van der Waals surface area contributed by atoms with E-state index in [9.17, 15) is 9.18 Å². The first-order valence-corrected chi connectivity index (χ1v) is 14.9. The average Bonchev–Trinajstić information content (AvgIpc) is 3.79. The molecule has 216 valence electrons. The minimum absolute atomic E-state index is 0.0679. The predicted molar refractivity (Wildman–Crippen MR) is 160 cm³/mol. The van der Waals surface area contributed by atoms with Gasteiger partial charge in [-0.25, -0.2) is 4.39 Å². The van der Waals surface area contributed by atoms with Crippen molar-refractivity contribution in [1.29, 1.82) is 0 Å². The Bertz CT molecular complexity index is 1620. The van der Waals surface area contributed by atoms with Crippen molar-refractivity contribution in [3.05, 3.63) is 89.4 Å². The fourth-order valence-electron chi connectivity index (χ4n) is 6.50. The average molecular weight is 567 g/mol. The summed E-state index contributed by atoms with van der Waals surface area (Å²) in [5.74, 6) is 1.28. The van der Waals surface area contributed by atoms with Crippen LogP contribution in [-0.2, 0) is 13.1 Å². The lowest BCUT2D eigenvalue weighted by molar-refractivity contribution is 0.0710. The van der Waals surface area contributed by atoms with E-state index in [4.69, 9.17) is 14.5 Å². The zero-order valence-corrected chi connectivity index (χ0v) is 23.7. The number of aromatic nitrogens is 1. The predicted octanol–water partition coefficient (Wildman–Crippen LogP) is 5.76. The van der Waals surface area contributed by atoms with E-state index < -0.39 is 0 Å². The van der Waals surface area contributed by atoms with Crippen molar-refractivity contribution in [2.24, 2.45) is 0 Å². The van der Waals surface area contributed by atoms with Crippen LogP contribution in [0.1, 0.15) is 47.3 Å². The van der Waals surface area contributed by atoms with E-state index in [1.165, 1.54) is 25.0 Å². The number of carbonyl (C=O) groups is 1. The Morgan fingerprint density at radius 1 is 0.905 bits per heavy atom. The van der Waals surface area contributed by atoms with Crippen LogP contribution in [0.3, 0.4) is 0 Å². The van der Waals surface area contributed by atoms with Crippen molar-refractivity contribution in [2.75, 3.05) is 33.0 Å². The van der Waals surface area contributed by atoms with Crippen molar-refractivity contribution in [1.82, 2.24) is 20.1 Å². The molecule has 0 spiro atoms. The van der Waals surface area contributed by atoms with Gasteiger partial charge in [-0.2, -0.15) is 0 Å². The third-order valence-electron chi connectivity index (χ3n) is 8.63. The molecule has 7 nitrogen and oxygen atoms in total. The number of amides is 1. The Morgan fingerprint density at radius 3 is 2.62 bits per heavy atom. The second kappa shape index (κ2) is 11.7. The Kier molecular flexibility index (Phi) is 7.48. The number of benzene rings is 3. The zero-order valence-electron chi connectivity index (χ0n) is 23.7. The second-order valence-electron chi connectivity index (χ2n) is 11.5. The highest BCUT2D eigenvalue weighted by Gasteiger charge is 2.32. The zero-order chi connectivity index (χ0) is 28.5. The number of halogens is 1. The van der Waals surface area contributed by atoms with Gasteiger partial charge in [-0.1, -0.05) is 24.3 Å². The summed E-state index contributed by atoms with van der Waals surface area (Å²) in [6.45, 7) is 5.16. The molecule has 0 bridgehead atoms. The van der Waals surface area contributed by atoms with Crippen LogP contribution in [-0.4, -0.2) is 59.7 Å². The summed E-state index contributed by atoms with van der Waals surface area (Å²) >= 11 is 0. The summed E-state index contributed by atoms with van der Waals surface area (Å²) < 4.78 is 24.8. The number of carbonyl (C=O) groups excluding carboxylic acids is 1. The lowest BCUT2D eigenvalue weighted by atomic mass is 9.99. The molecule has 1 atom stereocenters. The van der Waals surface area contributed by atoms with Gasteiger partial charge in [0.05, 0.1) is 16.8 Å². The molecule has 3 aliphatic heterocycles. The van der Waals surface area contributed by atoms with Crippen LogP contribution in [0.5, 0.6) is 11.5 Å². The van der Waals surface area contributed by atoms with Gasteiger partial charge in [-0.05, 0) is 97.9 Å². The first-order chi connectivity index (χ1) is 20.6. The summed E-state index contributed by atoms with van der Waals surface area (Å²) in [5, 5.41) is 4.22.